The van der Waals surface area contributed by atoms with Crippen molar-refractivity contribution in [2.24, 2.45) is 0 Å². The summed E-state index contributed by atoms with van der Waals surface area (Å²) in [6, 6.07) is 15.6. The maximum Gasteiger partial charge on any atom is 0.226 e. The maximum atomic E-state index is 11.9. The molecule has 5 heteroatoms. The van der Waals surface area contributed by atoms with Crippen LogP contribution >= 0.6 is 0 Å². The molecule has 1 aromatic heterocycles. The van der Waals surface area contributed by atoms with Gasteiger partial charge >= 0.3 is 0 Å². The number of carbonyl (C=O) groups is 1. The van der Waals surface area contributed by atoms with Crippen molar-refractivity contribution in [1.29, 1.82) is 0 Å². The molecule has 3 rings (SSSR count). The largest absolute Gasteiger partial charge is 0.387 e. The molecule has 2 aromatic carbocycles. The fourth-order valence-electron chi connectivity index (χ4n) is 2.54. The molecule has 0 radical (unpaired) electrons. The van der Waals surface area contributed by atoms with Gasteiger partial charge in [0.1, 0.15) is 0 Å². The number of aromatic nitrogens is 2. The topological polar surface area (TPSA) is 78.0 Å². The lowest BCUT2D eigenvalue weighted by Crippen LogP contribution is -2.29. The normalized spacial score (nSPS) is 12.3. The summed E-state index contributed by atoms with van der Waals surface area (Å²) in [7, 11) is 0. The number of aliphatic hydroxyl groups is 1. The van der Waals surface area contributed by atoms with Crippen molar-refractivity contribution in [3.63, 3.8) is 0 Å². The van der Waals surface area contributed by atoms with E-state index in [9.17, 15) is 9.90 Å². The van der Waals surface area contributed by atoms with E-state index < -0.39 is 6.10 Å². The quantitative estimate of drug-likeness (QED) is 0.676. The lowest BCUT2D eigenvalue weighted by Gasteiger charge is -2.13. The number of aromatic amines is 1. The van der Waals surface area contributed by atoms with Gasteiger partial charge in [0.25, 0.3) is 0 Å². The van der Waals surface area contributed by atoms with Crippen molar-refractivity contribution >= 4 is 16.7 Å². The van der Waals surface area contributed by atoms with Crippen LogP contribution in [0.15, 0.2) is 48.5 Å². The van der Waals surface area contributed by atoms with Crippen molar-refractivity contribution in [3.8, 4) is 0 Å². The van der Waals surface area contributed by atoms with Gasteiger partial charge in [-0.15, -0.1) is 0 Å². The van der Waals surface area contributed by atoms with E-state index in [0.717, 1.165) is 22.0 Å². The van der Waals surface area contributed by atoms with Crippen LogP contribution in [0.1, 0.15) is 23.1 Å². The van der Waals surface area contributed by atoms with E-state index in [1.165, 1.54) is 0 Å². The molecule has 1 unspecified atom stereocenters. The Morgan fingerprint density at radius 1 is 1.22 bits per heavy atom. The number of nitrogens with one attached hydrogen (secondary N) is 2. The standard InChI is InChI=1S/C18H19N3O2/c1-12-8-16(21-20-12)10-18(23)19-11-17(22)15-7-6-13-4-2-3-5-14(13)9-15/h2-9,17,22H,10-11H2,1H3,(H,19,23)(H,20,21). The second-order valence-electron chi connectivity index (χ2n) is 5.65. The third-order valence-corrected chi connectivity index (χ3v) is 3.75. The van der Waals surface area contributed by atoms with Gasteiger partial charge in [-0.05, 0) is 35.4 Å². The molecule has 0 fully saturated rings. The molecule has 0 bridgehead atoms. The maximum absolute atomic E-state index is 11.9. The molecule has 5 nitrogen and oxygen atoms in total. The van der Waals surface area contributed by atoms with Gasteiger partial charge in [-0.1, -0.05) is 36.4 Å². The summed E-state index contributed by atoms with van der Waals surface area (Å²) in [5.41, 5.74) is 2.41. The molecule has 0 aliphatic heterocycles. The molecule has 3 N–H and O–H groups in total. The number of hydrogen-bond acceptors (Lipinski definition) is 3. The van der Waals surface area contributed by atoms with Crippen molar-refractivity contribution < 1.29 is 9.90 Å². The lowest BCUT2D eigenvalue weighted by molar-refractivity contribution is -0.120. The Morgan fingerprint density at radius 2 is 2.00 bits per heavy atom. The molecular weight excluding hydrogens is 290 g/mol. The fourth-order valence-corrected chi connectivity index (χ4v) is 2.54. The Hall–Kier alpha value is -2.66. The van der Waals surface area contributed by atoms with Gasteiger partial charge in [-0.2, -0.15) is 5.10 Å². The Balaban J connectivity index is 1.59. The van der Waals surface area contributed by atoms with Crippen LogP contribution in [0.4, 0.5) is 0 Å². The van der Waals surface area contributed by atoms with Gasteiger partial charge in [0, 0.05) is 12.2 Å². The summed E-state index contributed by atoms with van der Waals surface area (Å²) < 4.78 is 0. The molecular formula is C18H19N3O2. The van der Waals surface area contributed by atoms with E-state index in [1.807, 2.05) is 55.5 Å². The highest BCUT2D eigenvalue weighted by Crippen LogP contribution is 2.20. The van der Waals surface area contributed by atoms with Crippen LogP contribution in [0.5, 0.6) is 0 Å². The number of aryl methyl sites for hydroxylation is 1. The zero-order valence-corrected chi connectivity index (χ0v) is 12.9. The van der Waals surface area contributed by atoms with E-state index in [2.05, 4.69) is 15.5 Å². The van der Waals surface area contributed by atoms with Crippen molar-refractivity contribution in [2.75, 3.05) is 6.54 Å². The number of nitrogens with zero attached hydrogens (tertiary/aromatic N) is 1. The van der Waals surface area contributed by atoms with Gasteiger partial charge < -0.3 is 10.4 Å². The van der Waals surface area contributed by atoms with Crippen molar-refractivity contribution in [1.82, 2.24) is 15.5 Å². The van der Waals surface area contributed by atoms with Gasteiger partial charge in [-0.25, -0.2) is 0 Å². The van der Waals surface area contributed by atoms with Crippen molar-refractivity contribution in [2.45, 2.75) is 19.4 Å². The number of fused-ring (bicyclic) bond motifs is 1. The second-order valence-corrected chi connectivity index (χ2v) is 5.65. The molecule has 0 spiro atoms. The zero-order chi connectivity index (χ0) is 16.2. The van der Waals surface area contributed by atoms with Gasteiger partial charge in [0.15, 0.2) is 0 Å². The number of H-pyrrole nitrogens is 1. The van der Waals surface area contributed by atoms with Crippen LogP contribution in [0.2, 0.25) is 0 Å². The molecule has 0 aliphatic carbocycles. The number of aliphatic hydroxyl groups excluding tert-OH is 1. The number of hydrogen-bond donors (Lipinski definition) is 3. The van der Waals surface area contributed by atoms with E-state index >= 15 is 0 Å². The molecule has 0 aliphatic rings. The number of benzene rings is 2. The first-order chi connectivity index (χ1) is 11.1. The van der Waals surface area contributed by atoms with E-state index in [-0.39, 0.29) is 18.9 Å². The average molecular weight is 309 g/mol. The molecule has 0 saturated heterocycles. The Bertz CT molecular complexity index is 826. The minimum Gasteiger partial charge on any atom is -0.387 e. The first-order valence-electron chi connectivity index (χ1n) is 7.56. The molecule has 3 aromatic rings. The lowest BCUT2D eigenvalue weighted by atomic mass is 10.0. The summed E-state index contributed by atoms with van der Waals surface area (Å²) >= 11 is 0. The van der Waals surface area contributed by atoms with Crippen LogP contribution in [-0.4, -0.2) is 27.8 Å². The van der Waals surface area contributed by atoms with E-state index in [4.69, 9.17) is 0 Å². The van der Waals surface area contributed by atoms with Crippen molar-refractivity contribution in [3.05, 3.63) is 65.5 Å². The third-order valence-electron chi connectivity index (χ3n) is 3.75. The van der Waals surface area contributed by atoms with Crippen LogP contribution in [0.3, 0.4) is 0 Å². The van der Waals surface area contributed by atoms with Crippen LogP contribution < -0.4 is 5.32 Å². The molecule has 23 heavy (non-hydrogen) atoms. The van der Waals surface area contributed by atoms with E-state index in [0.29, 0.717) is 5.69 Å². The second kappa shape index (κ2) is 6.62. The number of rotatable bonds is 5. The molecule has 1 heterocycles. The predicted octanol–water partition coefficient (Wildman–Crippen LogP) is 2.26. The van der Waals surface area contributed by atoms with Crippen LogP contribution in [0.25, 0.3) is 10.8 Å². The summed E-state index contributed by atoms with van der Waals surface area (Å²) in [5.74, 6) is -0.156. The zero-order valence-electron chi connectivity index (χ0n) is 12.9. The highest BCUT2D eigenvalue weighted by molar-refractivity contribution is 5.83. The van der Waals surface area contributed by atoms with Gasteiger partial charge in [-0.3, -0.25) is 9.89 Å². The Morgan fingerprint density at radius 3 is 2.74 bits per heavy atom. The molecule has 1 atom stereocenters. The fraction of sp³-hybridized carbons (Fsp3) is 0.222. The summed E-state index contributed by atoms with van der Waals surface area (Å²) in [5, 5.41) is 22.0. The Kier molecular flexibility index (Phi) is 4.39. The molecule has 118 valence electrons. The van der Waals surface area contributed by atoms with Crippen LogP contribution in [-0.2, 0) is 11.2 Å². The molecule has 0 saturated carbocycles. The summed E-state index contributed by atoms with van der Waals surface area (Å²) in [6.45, 7) is 2.07. The first kappa shape index (κ1) is 15.2. The monoisotopic (exact) mass is 309 g/mol. The van der Waals surface area contributed by atoms with Crippen LogP contribution in [0, 0.1) is 6.92 Å². The number of carbonyl (C=O) groups excluding carboxylic acids is 1. The number of amides is 1. The smallest absolute Gasteiger partial charge is 0.226 e. The first-order valence-corrected chi connectivity index (χ1v) is 7.56. The molecule has 1 amide bonds. The minimum absolute atomic E-state index is 0.156. The summed E-state index contributed by atoms with van der Waals surface area (Å²) in [6.07, 6.45) is -0.529. The highest BCUT2D eigenvalue weighted by atomic mass is 16.3. The summed E-state index contributed by atoms with van der Waals surface area (Å²) in [4.78, 5) is 11.9. The highest BCUT2D eigenvalue weighted by Gasteiger charge is 2.11. The minimum atomic E-state index is -0.732. The van der Waals surface area contributed by atoms with Gasteiger partial charge in [0.2, 0.25) is 5.91 Å². The van der Waals surface area contributed by atoms with E-state index in [1.54, 1.807) is 0 Å². The SMILES string of the molecule is Cc1cc(CC(=O)NCC(O)c2ccc3ccccc3c2)n[nH]1. The van der Waals surface area contributed by atoms with Gasteiger partial charge in [0.05, 0.1) is 18.2 Å². The predicted molar refractivity (Wildman–Crippen MR) is 88.9 cm³/mol. The average Bonchev–Trinajstić information content (AvgIpc) is 2.97. The Labute approximate surface area is 134 Å². The third kappa shape index (κ3) is 3.76.